The third-order valence-corrected chi connectivity index (χ3v) is 3.26. The molecule has 1 aromatic carbocycles. The van der Waals surface area contributed by atoms with Crippen LogP contribution in [0.5, 0.6) is 0 Å². The Hall–Kier alpha value is -1.37. The van der Waals surface area contributed by atoms with Crippen LogP contribution in [0.3, 0.4) is 0 Å². The molecule has 1 aromatic heterocycles. The third-order valence-electron chi connectivity index (χ3n) is 2.59. The molecule has 2 rings (SSSR count). The van der Waals surface area contributed by atoms with Crippen molar-refractivity contribution in [3.05, 3.63) is 45.8 Å². The summed E-state index contributed by atoms with van der Waals surface area (Å²) in [6, 6.07) is 7.81. The molecule has 94 valence electrons. The van der Waals surface area contributed by atoms with Crippen LogP contribution < -0.4 is 5.32 Å². The van der Waals surface area contributed by atoms with E-state index >= 15 is 0 Å². The van der Waals surface area contributed by atoms with E-state index in [-0.39, 0.29) is 5.91 Å². The van der Waals surface area contributed by atoms with E-state index in [1.807, 2.05) is 37.4 Å². The second-order valence-corrected chi connectivity index (χ2v) is 5.27. The highest BCUT2D eigenvalue weighted by Gasteiger charge is 2.05. The zero-order valence-corrected chi connectivity index (χ0v) is 12.2. The number of hydrogen-bond acceptors (Lipinski definition) is 2. The predicted octanol–water partition coefficient (Wildman–Crippen LogP) is 2.82. The van der Waals surface area contributed by atoms with E-state index < -0.39 is 0 Å². The van der Waals surface area contributed by atoms with Gasteiger partial charge in [0.15, 0.2) is 0 Å². The minimum Gasteiger partial charge on any atom is -0.326 e. The lowest BCUT2D eigenvalue weighted by Gasteiger charge is -2.08. The Bertz CT molecular complexity index is 537. The number of aromatic nitrogens is 2. The van der Waals surface area contributed by atoms with Crippen molar-refractivity contribution in [2.45, 2.75) is 19.9 Å². The molecule has 0 fully saturated rings. The van der Waals surface area contributed by atoms with Gasteiger partial charge in [0.2, 0.25) is 5.91 Å². The summed E-state index contributed by atoms with van der Waals surface area (Å²) >= 11 is 2.26. The number of carbonyl (C=O) groups excluding carboxylic acids is 1. The van der Waals surface area contributed by atoms with E-state index in [1.165, 1.54) is 3.57 Å². The highest BCUT2D eigenvalue weighted by molar-refractivity contribution is 14.1. The summed E-state index contributed by atoms with van der Waals surface area (Å²) < 4.78 is 2.92. The van der Waals surface area contributed by atoms with E-state index in [0.717, 1.165) is 11.3 Å². The SMILES string of the molecule is Cc1cc(I)ccc1NC(=O)CCn1cccn1. The summed E-state index contributed by atoms with van der Waals surface area (Å²) in [5.41, 5.74) is 1.95. The lowest BCUT2D eigenvalue weighted by atomic mass is 10.2. The second-order valence-electron chi connectivity index (χ2n) is 4.03. The number of benzene rings is 1. The summed E-state index contributed by atoms with van der Waals surface area (Å²) in [5, 5.41) is 6.98. The summed E-state index contributed by atoms with van der Waals surface area (Å²) in [7, 11) is 0. The maximum Gasteiger partial charge on any atom is 0.226 e. The monoisotopic (exact) mass is 355 g/mol. The maximum atomic E-state index is 11.8. The summed E-state index contributed by atoms with van der Waals surface area (Å²) in [5.74, 6) is 0.00908. The molecule has 18 heavy (non-hydrogen) atoms. The summed E-state index contributed by atoms with van der Waals surface area (Å²) in [6.45, 7) is 2.59. The fourth-order valence-electron chi connectivity index (χ4n) is 1.63. The summed E-state index contributed by atoms with van der Waals surface area (Å²) in [6.07, 6.45) is 3.98. The minimum atomic E-state index is 0.00908. The zero-order valence-electron chi connectivity index (χ0n) is 10.1. The number of halogens is 1. The van der Waals surface area contributed by atoms with Crippen molar-refractivity contribution in [2.75, 3.05) is 5.32 Å². The van der Waals surface area contributed by atoms with E-state index in [0.29, 0.717) is 13.0 Å². The Balaban J connectivity index is 1.91. The van der Waals surface area contributed by atoms with Gasteiger partial charge >= 0.3 is 0 Å². The number of carbonyl (C=O) groups is 1. The van der Waals surface area contributed by atoms with E-state index in [2.05, 4.69) is 33.0 Å². The highest BCUT2D eigenvalue weighted by Crippen LogP contribution is 2.17. The van der Waals surface area contributed by atoms with Crippen LogP contribution in [0.2, 0.25) is 0 Å². The molecule has 1 N–H and O–H groups in total. The van der Waals surface area contributed by atoms with Gasteiger partial charge in [-0.1, -0.05) is 0 Å². The molecule has 0 unspecified atom stereocenters. The van der Waals surface area contributed by atoms with Crippen LogP contribution in [0.4, 0.5) is 5.69 Å². The van der Waals surface area contributed by atoms with Crippen molar-refractivity contribution in [2.24, 2.45) is 0 Å². The molecule has 0 atom stereocenters. The van der Waals surface area contributed by atoms with Crippen LogP contribution in [0.15, 0.2) is 36.7 Å². The fourth-order valence-corrected chi connectivity index (χ4v) is 2.28. The standard InChI is InChI=1S/C13H14IN3O/c1-10-9-11(14)3-4-12(10)16-13(18)5-8-17-7-2-6-15-17/h2-4,6-7,9H,5,8H2,1H3,(H,16,18). The Labute approximate surface area is 120 Å². The molecule has 5 heteroatoms. The topological polar surface area (TPSA) is 46.9 Å². The fraction of sp³-hybridized carbons (Fsp3) is 0.231. The van der Waals surface area contributed by atoms with Crippen LogP contribution >= 0.6 is 22.6 Å². The molecule has 4 nitrogen and oxygen atoms in total. The Kier molecular flexibility index (Phi) is 4.35. The van der Waals surface area contributed by atoms with E-state index in [4.69, 9.17) is 0 Å². The second kappa shape index (κ2) is 5.99. The van der Waals surface area contributed by atoms with Crippen molar-refractivity contribution in [1.82, 2.24) is 9.78 Å². The number of hydrogen-bond donors (Lipinski definition) is 1. The van der Waals surface area contributed by atoms with Crippen molar-refractivity contribution in [1.29, 1.82) is 0 Å². The maximum absolute atomic E-state index is 11.8. The minimum absolute atomic E-state index is 0.00908. The van der Waals surface area contributed by atoms with Crippen LogP contribution in [-0.4, -0.2) is 15.7 Å². The Morgan fingerprint density at radius 3 is 3.00 bits per heavy atom. The summed E-state index contributed by atoms with van der Waals surface area (Å²) in [4.78, 5) is 11.8. The van der Waals surface area contributed by atoms with Gasteiger partial charge in [0.05, 0.1) is 0 Å². The van der Waals surface area contributed by atoms with Gasteiger partial charge in [-0.2, -0.15) is 5.10 Å². The largest absolute Gasteiger partial charge is 0.326 e. The molecule has 0 aliphatic heterocycles. The highest BCUT2D eigenvalue weighted by atomic mass is 127. The number of amides is 1. The van der Waals surface area contributed by atoms with Crippen LogP contribution in [0.25, 0.3) is 0 Å². The predicted molar refractivity (Wildman–Crippen MR) is 79.4 cm³/mol. The van der Waals surface area contributed by atoms with Gasteiger partial charge in [0.1, 0.15) is 0 Å². The lowest BCUT2D eigenvalue weighted by molar-refractivity contribution is -0.116. The van der Waals surface area contributed by atoms with Crippen molar-refractivity contribution in [3.8, 4) is 0 Å². The van der Waals surface area contributed by atoms with Crippen molar-refractivity contribution < 1.29 is 4.79 Å². The van der Waals surface area contributed by atoms with Crippen molar-refractivity contribution in [3.63, 3.8) is 0 Å². The first-order chi connectivity index (χ1) is 8.65. The van der Waals surface area contributed by atoms with Gasteiger partial charge in [0, 0.05) is 34.6 Å². The average molecular weight is 355 g/mol. The molecule has 1 amide bonds. The van der Waals surface area contributed by atoms with Crippen LogP contribution in [0.1, 0.15) is 12.0 Å². The molecule has 1 heterocycles. The quantitative estimate of drug-likeness (QED) is 0.858. The van der Waals surface area contributed by atoms with Gasteiger partial charge in [0.25, 0.3) is 0 Å². The van der Waals surface area contributed by atoms with Gasteiger partial charge in [-0.05, 0) is 59.3 Å². The number of anilines is 1. The Morgan fingerprint density at radius 2 is 2.33 bits per heavy atom. The molecular formula is C13H14IN3O. The van der Waals surface area contributed by atoms with Gasteiger partial charge in [-0.25, -0.2) is 0 Å². The molecule has 0 radical (unpaired) electrons. The third kappa shape index (κ3) is 3.56. The first-order valence-corrected chi connectivity index (χ1v) is 6.76. The molecule has 0 saturated carbocycles. The lowest BCUT2D eigenvalue weighted by Crippen LogP contribution is -2.15. The molecule has 2 aromatic rings. The normalized spacial score (nSPS) is 10.3. The van der Waals surface area contributed by atoms with Gasteiger partial charge in [-0.15, -0.1) is 0 Å². The Morgan fingerprint density at radius 1 is 1.50 bits per heavy atom. The number of rotatable bonds is 4. The number of aryl methyl sites for hydroxylation is 2. The molecule has 0 spiro atoms. The van der Waals surface area contributed by atoms with Crippen LogP contribution in [0, 0.1) is 10.5 Å². The van der Waals surface area contributed by atoms with E-state index in [1.54, 1.807) is 10.9 Å². The van der Waals surface area contributed by atoms with Crippen LogP contribution in [-0.2, 0) is 11.3 Å². The molecule has 0 saturated heterocycles. The number of nitrogens with one attached hydrogen (secondary N) is 1. The van der Waals surface area contributed by atoms with Crippen molar-refractivity contribution >= 4 is 34.2 Å². The smallest absolute Gasteiger partial charge is 0.226 e. The molecule has 0 aliphatic carbocycles. The van der Waals surface area contributed by atoms with E-state index in [9.17, 15) is 4.79 Å². The molecule has 0 bridgehead atoms. The number of nitrogens with zero attached hydrogens (tertiary/aromatic N) is 2. The van der Waals surface area contributed by atoms with Gasteiger partial charge < -0.3 is 5.32 Å². The first kappa shape index (κ1) is 13.1. The molecule has 0 aliphatic rings. The average Bonchev–Trinajstić information content (AvgIpc) is 2.83. The van der Waals surface area contributed by atoms with Gasteiger partial charge in [-0.3, -0.25) is 9.48 Å². The molecular weight excluding hydrogens is 341 g/mol. The first-order valence-electron chi connectivity index (χ1n) is 5.68. The zero-order chi connectivity index (χ0) is 13.0.